The Kier molecular flexibility index (Phi) is 6.85. The van der Waals surface area contributed by atoms with Gasteiger partial charge in [-0.25, -0.2) is 0 Å². The molecular formula is C23H25NO3. The van der Waals surface area contributed by atoms with E-state index in [4.69, 9.17) is 4.74 Å². The normalized spacial score (nSPS) is 11.9. The largest absolute Gasteiger partial charge is 0.504 e. The molecule has 0 aromatic heterocycles. The van der Waals surface area contributed by atoms with Crippen molar-refractivity contribution in [1.82, 2.24) is 5.32 Å². The average Bonchev–Trinajstić information content (AvgIpc) is 2.70. The minimum absolute atomic E-state index is 0.131. The van der Waals surface area contributed by atoms with Crippen molar-refractivity contribution in [1.29, 1.82) is 0 Å². The number of ether oxygens (including phenoxy) is 1. The van der Waals surface area contributed by atoms with Crippen LogP contribution in [0.4, 0.5) is 0 Å². The van der Waals surface area contributed by atoms with E-state index in [1.165, 1.54) is 0 Å². The third kappa shape index (κ3) is 6.13. The number of benzene rings is 3. The average molecular weight is 363 g/mol. The van der Waals surface area contributed by atoms with Gasteiger partial charge in [-0.2, -0.15) is 0 Å². The number of aliphatic hydroxyl groups excluding tert-OH is 1. The maximum atomic E-state index is 10.1. The quantitative estimate of drug-likeness (QED) is 0.508. The molecule has 3 N–H and O–H groups in total. The van der Waals surface area contributed by atoms with Gasteiger partial charge in [-0.1, -0.05) is 66.7 Å². The highest BCUT2D eigenvalue weighted by Crippen LogP contribution is 2.27. The SMILES string of the molecule is Oc1ccc(CCNC(O)Cc2ccccc2)cc1OCc1ccccc1. The molecule has 0 spiro atoms. The molecule has 0 aliphatic carbocycles. The standard InChI is InChI=1S/C23H25NO3/c25-21-12-11-19(15-22(21)27-17-20-9-5-2-6-10-20)13-14-24-23(26)16-18-7-3-1-4-8-18/h1-12,15,23-26H,13-14,16-17H2. The molecule has 0 radical (unpaired) electrons. The first-order valence-electron chi connectivity index (χ1n) is 9.15. The molecule has 1 atom stereocenters. The second kappa shape index (κ2) is 9.76. The Labute approximate surface area is 160 Å². The van der Waals surface area contributed by atoms with Crippen molar-refractivity contribution in [3.63, 3.8) is 0 Å². The van der Waals surface area contributed by atoms with Crippen LogP contribution in [0.5, 0.6) is 11.5 Å². The number of hydrogen-bond acceptors (Lipinski definition) is 4. The van der Waals surface area contributed by atoms with Crippen LogP contribution in [0, 0.1) is 0 Å². The van der Waals surface area contributed by atoms with Crippen LogP contribution in [0.1, 0.15) is 16.7 Å². The fraction of sp³-hybridized carbons (Fsp3) is 0.217. The lowest BCUT2D eigenvalue weighted by Crippen LogP contribution is -2.32. The molecular weight excluding hydrogens is 338 g/mol. The Hall–Kier alpha value is -2.82. The smallest absolute Gasteiger partial charge is 0.161 e. The number of nitrogens with one attached hydrogen (secondary N) is 1. The van der Waals surface area contributed by atoms with E-state index in [1.807, 2.05) is 72.8 Å². The maximum Gasteiger partial charge on any atom is 0.161 e. The summed E-state index contributed by atoms with van der Waals surface area (Å²) in [6.07, 6.45) is 0.716. The van der Waals surface area contributed by atoms with Gasteiger partial charge in [0.05, 0.1) is 0 Å². The van der Waals surface area contributed by atoms with Gasteiger partial charge in [-0.15, -0.1) is 0 Å². The molecule has 1 unspecified atom stereocenters. The van der Waals surface area contributed by atoms with Crippen LogP contribution in [0.25, 0.3) is 0 Å². The molecule has 0 saturated heterocycles. The highest BCUT2D eigenvalue weighted by molar-refractivity contribution is 5.42. The summed E-state index contributed by atoms with van der Waals surface area (Å²) in [5, 5.41) is 23.2. The summed E-state index contributed by atoms with van der Waals surface area (Å²) < 4.78 is 5.75. The molecule has 140 valence electrons. The summed E-state index contributed by atoms with van der Waals surface area (Å²) >= 11 is 0. The third-order valence-corrected chi connectivity index (χ3v) is 4.33. The fourth-order valence-corrected chi connectivity index (χ4v) is 2.86. The van der Waals surface area contributed by atoms with Crippen molar-refractivity contribution in [2.45, 2.75) is 25.7 Å². The molecule has 4 nitrogen and oxygen atoms in total. The highest BCUT2D eigenvalue weighted by atomic mass is 16.5. The predicted octanol–water partition coefficient (Wildman–Crippen LogP) is 3.66. The highest BCUT2D eigenvalue weighted by Gasteiger charge is 2.07. The van der Waals surface area contributed by atoms with Gasteiger partial charge in [0.25, 0.3) is 0 Å². The summed E-state index contributed by atoms with van der Waals surface area (Å²) in [7, 11) is 0. The van der Waals surface area contributed by atoms with Gasteiger partial charge in [-0.05, 0) is 35.2 Å². The number of aliphatic hydroxyl groups is 1. The molecule has 3 rings (SSSR count). The fourth-order valence-electron chi connectivity index (χ4n) is 2.86. The van der Waals surface area contributed by atoms with Crippen LogP contribution < -0.4 is 10.1 Å². The first kappa shape index (κ1) is 19.0. The van der Waals surface area contributed by atoms with Crippen molar-refractivity contribution < 1.29 is 14.9 Å². The number of phenols is 1. The van der Waals surface area contributed by atoms with Gasteiger partial charge in [0, 0.05) is 13.0 Å². The third-order valence-electron chi connectivity index (χ3n) is 4.33. The second-order valence-corrected chi connectivity index (χ2v) is 6.49. The monoisotopic (exact) mass is 363 g/mol. The van der Waals surface area contributed by atoms with Crippen molar-refractivity contribution in [2.24, 2.45) is 0 Å². The first-order valence-corrected chi connectivity index (χ1v) is 9.15. The van der Waals surface area contributed by atoms with Gasteiger partial charge in [0.15, 0.2) is 11.5 Å². The Morgan fingerprint density at radius 3 is 2.19 bits per heavy atom. The molecule has 0 amide bonds. The van der Waals surface area contributed by atoms with E-state index < -0.39 is 6.23 Å². The summed E-state index contributed by atoms with van der Waals surface area (Å²) in [5.74, 6) is 0.605. The lowest BCUT2D eigenvalue weighted by Gasteiger charge is -2.14. The van der Waals surface area contributed by atoms with E-state index >= 15 is 0 Å². The molecule has 27 heavy (non-hydrogen) atoms. The van der Waals surface area contributed by atoms with Gasteiger partial charge in [0.1, 0.15) is 12.8 Å². The zero-order chi connectivity index (χ0) is 18.9. The van der Waals surface area contributed by atoms with Gasteiger partial charge >= 0.3 is 0 Å². The van der Waals surface area contributed by atoms with E-state index in [0.717, 1.165) is 23.1 Å². The van der Waals surface area contributed by atoms with Gasteiger partial charge in [0.2, 0.25) is 0 Å². The van der Waals surface area contributed by atoms with E-state index in [0.29, 0.717) is 25.3 Å². The van der Waals surface area contributed by atoms with Crippen LogP contribution >= 0.6 is 0 Å². The van der Waals surface area contributed by atoms with Gasteiger partial charge < -0.3 is 14.9 Å². The Morgan fingerprint density at radius 1 is 0.815 bits per heavy atom. The van der Waals surface area contributed by atoms with Crippen molar-refractivity contribution >= 4 is 0 Å². The summed E-state index contributed by atoms with van der Waals surface area (Å²) in [6.45, 7) is 1.04. The summed E-state index contributed by atoms with van der Waals surface area (Å²) in [4.78, 5) is 0. The molecule has 0 aliphatic heterocycles. The van der Waals surface area contributed by atoms with Crippen LogP contribution in [0.15, 0.2) is 78.9 Å². The molecule has 0 fully saturated rings. The predicted molar refractivity (Wildman–Crippen MR) is 107 cm³/mol. The molecule has 0 heterocycles. The van der Waals surface area contributed by atoms with E-state index in [1.54, 1.807) is 6.07 Å². The molecule has 0 bridgehead atoms. The Morgan fingerprint density at radius 2 is 1.48 bits per heavy atom. The Bertz CT molecular complexity index is 822. The molecule has 0 saturated carbocycles. The topological polar surface area (TPSA) is 61.7 Å². The van der Waals surface area contributed by atoms with Crippen LogP contribution in [-0.2, 0) is 19.4 Å². The second-order valence-electron chi connectivity index (χ2n) is 6.49. The van der Waals surface area contributed by atoms with Crippen molar-refractivity contribution in [3.05, 3.63) is 95.6 Å². The zero-order valence-corrected chi connectivity index (χ0v) is 15.2. The number of rotatable bonds is 9. The zero-order valence-electron chi connectivity index (χ0n) is 15.2. The van der Waals surface area contributed by atoms with Gasteiger partial charge in [-0.3, -0.25) is 5.32 Å². The minimum Gasteiger partial charge on any atom is -0.504 e. The molecule has 3 aromatic rings. The minimum atomic E-state index is -0.585. The number of phenolic OH excluding ortho intramolecular Hbond substituents is 1. The first-order chi connectivity index (χ1) is 13.2. The van der Waals surface area contributed by atoms with Crippen LogP contribution in [0.2, 0.25) is 0 Å². The summed E-state index contributed by atoms with van der Waals surface area (Å²) in [5.41, 5.74) is 3.18. The molecule has 3 aromatic carbocycles. The van der Waals surface area contributed by atoms with E-state index in [2.05, 4.69) is 5.32 Å². The van der Waals surface area contributed by atoms with Crippen molar-refractivity contribution in [2.75, 3.05) is 6.54 Å². The molecule has 4 heteroatoms. The maximum absolute atomic E-state index is 10.1. The number of hydrogen-bond donors (Lipinski definition) is 3. The lowest BCUT2D eigenvalue weighted by molar-refractivity contribution is 0.138. The van der Waals surface area contributed by atoms with Crippen molar-refractivity contribution in [3.8, 4) is 11.5 Å². The van der Waals surface area contributed by atoms with E-state index in [-0.39, 0.29) is 5.75 Å². The van der Waals surface area contributed by atoms with Crippen LogP contribution in [-0.4, -0.2) is 23.0 Å². The Balaban J connectivity index is 1.48. The van der Waals surface area contributed by atoms with E-state index in [9.17, 15) is 10.2 Å². The lowest BCUT2D eigenvalue weighted by atomic mass is 10.1. The molecule has 0 aliphatic rings. The van der Waals surface area contributed by atoms with Crippen LogP contribution in [0.3, 0.4) is 0 Å². The number of aromatic hydroxyl groups is 1. The summed E-state index contributed by atoms with van der Waals surface area (Å²) in [6, 6.07) is 25.1.